The fraction of sp³-hybridized carbons (Fsp3) is 0.357. The molecule has 0 saturated heterocycles. The molecular formula is C14H16F3N3O4S. The highest BCUT2D eigenvalue weighted by Crippen LogP contribution is 2.33. The van der Waals surface area contributed by atoms with Crippen molar-refractivity contribution in [2.75, 3.05) is 7.11 Å². The summed E-state index contributed by atoms with van der Waals surface area (Å²) in [5.74, 6) is -1.34. The van der Waals surface area contributed by atoms with Gasteiger partial charge < -0.3 is 20.5 Å². The fourth-order valence-electron chi connectivity index (χ4n) is 1.74. The van der Waals surface area contributed by atoms with Crippen LogP contribution < -0.4 is 11.1 Å². The highest BCUT2D eigenvalue weighted by Gasteiger charge is 2.50. The van der Waals surface area contributed by atoms with Gasteiger partial charge in [-0.3, -0.25) is 5.41 Å². The molecule has 11 heteroatoms. The standard InChI is InChI=1S/C14H16F3N3O4S/c1-23-11(21)9(10(14(15,16)17)25-12(18)19)20-13(22)24-7-8-5-3-2-4-6-8/h2-6,9-10H,7H2,1H3,(H3,18,19)(H,20,22). The maximum absolute atomic E-state index is 13.2. The smallest absolute Gasteiger partial charge is 0.408 e. The summed E-state index contributed by atoms with van der Waals surface area (Å²) in [6.07, 6.45) is -6.17. The number of carbonyl (C=O) groups is 2. The lowest BCUT2D eigenvalue weighted by atomic mass is 10.2. The van der Waals surface area contributed by atoms with Gasteiger partial charge in [0, 0.05) is 0 Å². The first-order chi connectivity index (χ1) is 11.6. The molecule has 1 amide bonds. The number of hydrogen-bond donors (Lipinski definition) is 3. The summed E-state index contributed by atoms with van der Waals surface area (Å²) in [6, 6.07) is 6.30. The highest BCUT2D eigenvalue weighted by molar-refractivity contribution is 8.14. The van der Waals surface area contributed by atoms with Gasteiger partial charge in [-0.15, -0.1) is 0 Å². The Balaban J connectivity index is 2.84. The predicted octanol–water partition coefficient (Wildman–Crippen LogP) is 2.01. The van der Waals surface area contributed by atoms with Crippen LogP contribution in [-0.2, 0) is 20.9 Å². The van der Waals surface area contributed by atoms with E-state index in [9.17, 15) is 22.8 Å². The maximum Gasteiger partial charge on any atom is 0.408 e. The van der Waals surface area contributed by atoms with Crippen LogP contribution >= 0.6 is 11.8 Å². The molecule has 138 valence electrons. The van der Waals surface area contributed by atoms with Crippen molar-refractivity contribution >= 4 is 29.0 Å². The lowest BCUT2D eigenvalue weighted by Crippen LogP contribution is -2.54. The molecule has 0 heterocycles. The average Bonchev–Trinajstić information content (AvgIpc) is 2.55. The lowest BCUT2D eigenvalue weighted by molar-refractivity contribution is -0.157. The van der Waals surface area contributed by atoms with Crippen molar-refractivity contribution in [3.63, 3.8) is 0 Å². The molecule has 0 aliphatic heterocycles. The number of hydrogen-bond acceptors (Lipinski definition) is 6. The van der Waals surface area contributed by atoms with Crippen molar-refractivity contribution in [1.29, 1.82) is 5.41 Å². The van der Waals surface area contributed by atoms with Crippen molar-refractivity contribution in [2.45, 2.75) is 24.1 Å². The third-order valence-corrected chi connectivity index (χ3v) is 3.87. The maximum atomic E-state index is 13.2. The van der Waals surface area contributed by atoms with E-state index in [1.165, 1.54) is 0 Å². The lowest BCUT2D eigenvalue weighted by Gasteiger charge is -2.26. The third kappa shape index (κ3) is 6.91. The van der Waals surface area contributed by atoms with Gasteiger partial charge in [-0.2, -0.15) is 13.2 Å². The largest absolute Gasteiger partial charge is 0.467 e. The number of ether oxygens (including phenoxy) is 2. The minimum Gasteiger partial charge on any atom is -0.467 e. The first kappa shape index (κ1) is 20.6. The van der Waals surface area contributed by atoms with E-state index in [1.54, 1.807) is 30.3 Å². The number of benzene rings is 1. The van der Waals surface area contributed by atoms with Crippen molar-refractivity contribution in [1.82, 2.24) is 5.32 Å². The molecule has 0 saturated carbocycles. The van der Waals surface area contributed by atoms with Crippen molar-refractivity contribution in [3.8, 4) is 0 Å². The van der Waals surface area contributed by atoms with Crippen LogP contribution in [0.15, 0.2) is 30.3 Å². The van der Waals surface area contributed by atoms with Crippen LogP contribution in [0.25, 0.3) is 0 Å². The molecule has 0 aliphatic carbocycles. The van der Waals surface area contributed by atoms with Gasteiger partial charge in [-0.05, 0) is 5.56 Å². The van der Waals surface area contributed by atoms with Gasteiger partial charge in [0.05, 0.1) is 7.11 Å². The third-order valence-electron chi connectivity index (χ3n) is 2.82. The Bertz CT molecular complexity index is 613. The molecule has 0 fully saturated rings. The molecule has 2 atom stereocenters. The Labute approximate surface area is 145 Å². The van der Waals surface area contributed by atoms with Gasteiger partial charge in [-0.25, -0.2) is 9.59 Å². The molecule has 1 aromatic rings. The summed E-state index contributed by atoms with van der Waals surface area (Å²) in [6.45, 7) is -0.197. The second-order valence-corrected chi connectivity index (χ2v) is 5.83. The van der Waals surface area contributed by atoms with Crippen molar-refractivity contribution < 1.29 is 32.2 Å². The highest BCUT2D eigenvalue weighted by atomic mass is 32.2. The van der Waals surface area contributed by atoms with Gasteiger partial charge in [0.25, 0.3) is 0 Å². The number of amidine groups is 1. The molecule has 4 N–H and O–H groups in total. The predicted molar refractivity (Wildman–Crippen MR) is 84.9 cm³/mol. The minimum absolute atomic E-state index is 0.120. The first-order valence-electron chi connectivity index (χ1n) is 6.77. The second-order valence-electron chi connectivity index (χ2n) is 4.65. The Morgan fingerprint density at radius 2 is 1.92 bits per heavy atom. The number of amides is 1. The molecule has 0 aromatic heterocycles. The molecule has 0 bridgehead atoms. The normalized spacial score (nSPS) is 13.4. The number of esters is 1. The molecule has 1 rings (SSSR count). The SMILES string of the molecule is COC(=O)C(NC(=O)OCc1ccccc1)C(SC(=N)N)C(F)(F)F. The average molecular weight is 379 g/mol. The first-order valence-corrected chi connectivity index (χ1v) is 7.65. The quantitative estimate of drug-likeness (QED) is 0.396. The van der Waals surface area contributed by atoms with E-state index in [4.69, 9.17) is 15.9 Å². The Hall–Kier alpha value is -2.43. The summed E-state index contributed by atoms with van der Waals surface area (Å²) < 4.78 is 48.6. The molecule has 2 unspecified atom stereocenters. The molecule has 0 spiro atoms. The molecule has 0 radical (unpaired) electrons. The van der Waals surface area contributed by atoms with Crippen LogP contribution in [0.2, 0.25) is 0 Å². The van der Waals surface area contributed by atoms with E-state index in [0.29, 0.717) is 5.56 Å². The molecule has 1 aromatic carbocycles. The Kier molecular flexibility index (Phi) is 7.55. The number of methoxy groups -OCH3 is 1. The topological polar surface area (TPSA) is 114 Å². The Morgan fingerprint density at radius 3 is 2.40 bits per heavy atom. The minimum atomic E-state index is -4.93. The number of rotatable bonds is 6. The van der Waals surface area contributed by atoms with E-state index in [1.807, 2.05) is 5.32 Å². The summed E-state index contributed by atoms with van der Waals surface area (Å²) >= 11 is -0.120. The summed E-state index contributed by atoms with van der Waals surface area (Å²) in [5, 5.41) is 5.47. The second kappa shape index (κ2) is 9.16. The zero-order chi connectivity index (χ0) is 19.0. The summed E-state index contributed by atoms with van der Waals surface area (Å²) in [5.41, 5.74) is 5.59. The monoisotopic (exact) mass is 379 g/mol. The van der Waals surface area contributed by atoms with E-state index in [-0.39, 0.29) is 18.4 Å². The molecule has 7 nitrogen and oxygen atoms in total. The number of alkyl halides is 3. The van der Waals surface area contributed by atoms with Gasteiger partial charge in [0.1, 0.15) is 11.9 Å². The number of alkyl carbamates (subject to hydrolysis) is 1. The van der Waals surface area contributed by atoms with Crippen LogP contribution in [0, 0.1) is 5.41 Å². The zero-order valence-corrected chi connectivity index (χ0v) is 13.8. The van der Waals surface area contributed by atoms with Crippen LogP contribution in [0.4, 0.5) is 18.0 Å². The van der Waals surface area contributed by atoms with Crippen molar-refractivity contribution in [3.05, 3.63) is 35.9 Å². The number of carbonyl (C=O) groups excluding carboxylic acids is 2. The Morgan fingerprint density at radius 1 is 1.32 bits per heavy atom. The van der Waals surface area contributed by atoms with Crippen LogP contribution in [-0.4, -0.2) is 41.8 Å². The molecule has 0 aliphatic rings. The fourth-order valence-corrected chi connectivity index (χ4v) is 2.46. The summed E-state index contributed by atoms with van der Waals surface area (Å²) in [4.78, 5) is 23.4. The number of nitrogens with one attached hydrogen (secondary N) is 2. The van der Waals surface area contributed by atoms with Gasteiger partial charge in [-0.1, -0.05) is 42.1 Å². The van der Waals surface area contributed by atoms with Crippen molar-refractivity contribution in [2.24, 2.45) is 5.73 Å². The number of thioether (sulfide) groups is 1. The van der Waals surface area contributed by atoms with Crippen LogP contribution in [0.1, 0.15) is 5.56 Å². The van der Waals surface area contributed by atoms with Crippen LogP contribution in [0.3, 0.4) is 0 Å². The molecule has 25 heavy (non-hydrogen) atoms. The van der Waals surface area contributed by atoms with E-state index in [2.05, 4.69) is 4.74 Å². The van der Waals surface area contributed by atoms with Gasteiger partial charge in [0.2, 0.25) is 0 Å². The van der Waals surface area contributed by atoms with E-state index < -0.39 is 34.7 Å². The van der Waals surface area contributed by atoms with Gasteiger partial charge in [0.15, 0.2) is 11.2 Å². The summed E-state index contributed by atoms with van der Waals surface area (Å²) in [7, 11) is 0.873. The zero-order valence-electron chi connectivity index (χ0n) is 13.0. The van der Waals surface area contributed by atoms with E-state index in [0.717, 1.165) is 7.11 Å². The number of nitrogens with two attached hydrogens (primary N) is 1. The van der Waals surface area contributed by atoms with Gasteiger partial charge >= 0.3 is 18.2 Å². The molecular weight excluding hydrogens is 363 g/mol. The van der Waals surface area contributed by atoms with Crippen LogP contribution in [0.5, 0.6) is 0 Å². The number of halogens is 3. The van der Waals surface area contributed by atoms with E-state index >= 15 is 0 Å².